The number of carbonyl (C=O) groups is 2. The van der Waals surface area contributed by atoms with Gasteiger partial charge in [-0.2, -0.15) is 0 Å². The third kappa shape index (κ3) is 5.85. The summed E-state index contributed by atoms with van der Waals surface area (Å²) in [5, 5.41) is 5.64. The van der Waals surface area contributed by atoms with Crippen molar-refractivity contribution in [2.75, 3.05) is 56.6 Å². The van der Waals surface area contributed by atoms with E-state index in [4.69, 9.17) is 16.3 Å². The van der Waals surface area contributed by atoms with Gasteiger partial charge in [-0.15, -0.1) is 0 Å². The van der Waals surface area contributed by atoms with Crippen molar-refractivity contribution in [2.45, 2.75) is 0 Å². The first kappa shape index (κ1) is 21.0. The number of methoxy groups -OCH3 is 1. The van der Waals surface area contributed by atoms with E-state index in [1.165, 1.54) is 18.9 Å². The first-order chi connectivity index (χ1) is 14.1. The van der Waals surface area contributed by atoms with Gasteiger partial charge in [0, 0.05) is 50.0 Å². The van der Waals surface area contributed by atoms with Crippen molar-refractivity contribution in [1.82, 2.24) is 10.2 Å². The molecule has 0 spiro atoms. The van der Waals surface area contributed by atoms with Crippen LogP contribution in [0.4, 0.5) is 11.4 Å². The molecule has 1 aliphatic heterocycles. The van der Waals surface area contributed by atoms with Crippen molar-refractivity contribution in [2.24, 2.45) is 0 Å². The van der Waals surface area contributed by atoms with Gasteiger partial charge in [-0.1, -0.05) is 29.8 Å². The van der Waals surface area contributed by atoms with Gasteiger partial charge >= 0.3 is 11.8 Å². The number of benzene rings is 2. The van der Waals surface area contributed by atoms with Crippen LogP contribution in [-0.4, -0.2) is 63.1 Å². The standard InChI is InChI=1S/C21H25ClN4O3/c1-29-19-8-7-16(22)15-18(19)24-21(28)20(27)23-9-10-25-11-13-26(14-12-25)17-5-3-2-4-6-17/h2-8,15H,9-14H2,1H3,(H,23,27)(H,24,28). The Bertz CT molecular complexity index is 839. The van der Waals surface area contributed by atoms with Gasteiger partial charge in [0.25, 0.3) is 0 Å². The molecule has 2 aromatic carbocycles. The predicted octanol–water partition coefficient (Wildman–Crippen LogP) is 2.23. The van der Waals surface area contributed by atoms with E-state index in [-0.39, 0.29) is 0 Å². The number of piperazine rings is 1. The van der Waals surface area contributed by atoms with Crippen LogP contribution in [0.5, 0.6) is 5.75 Å². The molecule has 0 radical (unpaired) electrons. The van der Waals surface area contributed by atoms with E-state index >= 15 is 0 Å². The summed E-state index contributed by atoms with van der Waals surface area (Å²) in [7, 11) is 1.48. The second-order valence-corrected chi connectivity index (χ2v) is 7.16. The van der Waals surface area contributed by atoms with E-state index < -0.39 is 11.8 Å². The summed E-state index contributed by atoms with van der Waals surface area (Å²) in [5.74, 6) is -0.999. The lowest BCUT2D eigenvalue weighted by atomic mass is 10.2. The highest BCUT2D eigenvalue weighted by Crippen LogP contribution is 2.27. The molecule has 0 atom stereocenters. The fourth-order valence-electron chi connectivity index (χ4n) is 3.23. The van der Waals surface area contributed by atoms with Gasteiger partial charge in [-0.05, 0) is 30.3 Å². The molecule has 2 N–H and O–H groups in total. The topological polar surface area (TPSA) is 73.9 Å². The normalized spacial score (nSPS) is 14.3. The molecule has 1 aliphatic rings. The second-order valence-electron chi connectivity index (χ2n) is 6.72. The summed E-state index contributed by atoms with van der Waals surface area (Å²) in [6.07, 6.45) is 0. The molecule has 29 heavy (non-hydrogen) atoms. The zero-order chi connectivity index (χ0) is 20.6. The summed E-state index contributed by atoms with van der Waals surface area (Å²) in [4.78, 5) is 28.8. The van der Waals surface area contributed by atoms with E-state index in [1.54, 1.807) is 12.1 Å². The maximum absolute atomic E-state index is 12.1. The number of rotatable bonds is 6. The molecule has 0 bridgehead atoms. The van der Waals surface area contributed by atoms with Crippen LogP contribution in [0.3, 0.4) is 0 Å². The predicted molar refractivity (Wildman–Crippen MR) is 115 cm³/mol. The summed E-state index contributed by atoms with van der Waals surface area (Å²) in [6, 6.07) is 15.1. The van der Waals surface area contributed by atoms with Gasteiger partial charge in [0.05, 0.1) is 12.8 Å². The summed E-state index contributed by atoms with van der Waals surface area (Å²) < 4.78 is 5.17. The number of anilines is 2. The molecule has 8 heteroatoms. The van der Waals surface area contributed by atoms with Gasteiger partial charge in [-0.3, -0.25) is 14.5 Å². The Balaban J connectivity index is 1.40. The minimum atomic E-state index is -0.750. The molecule has 2 amide bonds. The third-order valence-corrected chi connectivity index (χ3v) is 5.06. The Morgan fingerprint density at radius 1 is 1.03 bits per heavy atom. The lowest BCUT2D eigenvalue weighted by Crippen LogP contribution is -2.49. The lowest BCUT2D eigenvalue weighted by molar-refractivity contribution is -0.136. The van der Waals surface area contributed by atoms with E-state index in [2.05, 4.69) is 32.6 Å². The zero-order valence-corrected chi connectivity index (χ0v) is 17.1. The highest BCUT2D eigenvalue weighted by Gasteiger charge is 2.19. The van der Waals surface area contributed by atoms with E-state index in [1.807, 2.05) is 18.2 Å². The molecule has 0 saturated carbocycles. The number of ether oxygens (including phenoxy) is 1. The van der Waals surface area contributed by atoms with Crippen molar-refractivity contribution in [1.29, 1.82) is 0 Å². The van der Waals surface area contributed by atoms with Crippen molar-refractivity contribution in [3.05, 3.63) is 53.6 Å². The maximum Gasteiger partial charge on any atom is 0.313 e. The van der Waals surface area contributed by atoms with Crippen LogP contribution >= 0.6 is 11.6 Å². The van der Waals surface area contributed by atoms with Crippen molar-refractivity contribution < 1.29 is 14.3 Å². The average Bonchev–Trinajstić information content (AvgIpc) is 2.75. The minimum absolute atomic E-state index is 0.359. The Morgan fingerprint density at radius 2 is 1.76 bits per heavy atom. The number of hydrogen-bond donors (Lipinski definition) is 2. The summed E-state index contributed by atoms with van der Waals surface area (Å²) >= 11 is 5.94. The van der Waals surface area contributed by atoms with Crippen LogP contribution in [-0.2, 0) is 9.59 Å². The zero-order valence-electron chi connectivity index (χ0n) is 16.4. The average molecular weight is 417 g/mol. The smallest absolute Gasteiger partial charge is 0.313 e. The Morgan fingerprint density at radius 3 is 2.45 bits per heavy atom. The number of nitrogens with zero attached hydrogens (tertiary/aromatic N) is 2. The number of para-hydroxylation sites is 1. The number of carbonyl (C=O) groups excluding carboxylic acids is 2. The van der Waals surface area contributed by atoms with Gasteiger partial charge in [0.1, 0.15) is 5.75 Å². The number of hydrogen-bond acceptors (Lipinski definition) is 5. The van der Waals surface area contributed by atoms with E-state index in [0.29, 0.717) is 29.5 Å². The number of nitrogens with one attached hydrogen (secondary N) is 2. The summed E-state index contributed by atoms with van der Waals surface area (Å²) in [6.45, 7) is 4.81. The highest BCUT2D eigenvalue weighted by atomic mass is 35.5. The molecule has 1 saturated heterocycles. The molecule has 0 aliphatic carbocycles. The molecule has 3 rings (SSSR count). The number of halogens is 1. The van der Waals surface area contributed by atoms with Crippen LogP contribution in [0, 0.1) is 0 Å². The quantitative estimate of drug-likeness (QED) is 0.706. The Hall–Kier alpha value is -2.77. The SMILES string of the molecule is COc1ccc(Cl)cc1NC(=O)C(=O)NCCN1CCN(c2ccccc2)CC1. The first-order valence-electron chi connectivity index (χ1n) is 9.52. The fourth-order valence-corrected chi connectivity index (χ4v) is 3.41. The minimum Gasteiger partial charge on any atom is -0.495 e. The number of amides is 2. The van der Waals surface area contributed by atoms with Gasteiger partial charge in [-0.25, -0.2) is 0 Å². The van der Waals surface area contributed by atoms with E-state index in [9.17, 15) is 9.59 Å². The molecular weight excluding hydrogens is 392 g/mol. The monoisotopic (exact) mass is 416 g/mol. The molecule has 1 fully saturated rings. The largest absolute Gasteiger partial charge is 0.495 e. The third-order valence-electron chi connectivity index (χ3n) is 4.82. The summed E-state index contributed by atoms with van der Waals surface area (Å²) in [5.41, 5.74) is 1.59. The van der Waals surface area contributed by atoms with Crippen LogP contribution < -0.4 is 20.3 Å². The molecule has 154 valence electrons. The molecule has 0 aromatic heterocycles. The second kappa shape index (κ2) is 10.1. The van der Waals surface area contributed by atoms with Crippen LogP contribution in [0.2, 0.25) is 5.02 Å². The fraction of sp³-hybridized carbons (Fsp3) is 0.333. The molecule has 2 aromatic rings. The Labute approximate surface area is 175 Å². The maximum atomic E-state index is 12.1. The van der Waals surface area contributed by atoms with Crippen LogP contribution in [0.15, 0.2) is 48.5 Å². The van der Waals surface area contributed by atoms with Crippen molar-refractivity contribution >= 4 is 34.8 Å². The lowest BCUT2D eigenvalue weighted by Gasteiger charge is -2.36. The van der Waals surface area contributed by atoms with Crippen molar-refractivity contribution in [3.8, 4) is 5.75 Å². The van der Waals surface area contributed by atoms with Crippen LogP contribution in [0.1, 0.15) is 0 Å². The first-order valence-corrected chi connectivity index (χ1v) is 9.89. The van der Waals surface area contributed by atoms with Gasteiger partial charge in [0.15, 0.2) is 0 Å². The van der Waals surface area contributed by atoms with Gasteiger partial charge in [0.2, 0.25) is 0 Å². The van der Waals surface area contributed by atoms with Crippen LogP contribution in [0.25, 0.3) is 0 Å². The van der Waals surface area contributed by atoms with Crippen molar-refractivity contribution in [3.63, 3.8) is 0 Å². The molecular formula is C21H25ClN4O3. The van der Waals surface area contributed by atoms with Gasteiger partial charge < -0.3 is 20.3 Å². The molecule has 7 nitrogen and oxygen atoms in total. The van der Waals surface area contributed by atoms with E-state index in [0.717, 1.165) is 26.2 Å². The molecule has 1 heterocycles. The highest BCUT2D eigenvalue weighted by molar-refractivity contribution is 6.40. The molecule has 0 unspecified atom stereocenters. The Kier molecular flexibility index (Phi) is 7.32.